The minimum absolute atomic E-state index is 0.389. The summed E-state index contributed by atoms with van der Waals surface area (Å²) < 4.78 is 34.1. The lowest BCUT2D eigenvalue weighted by Gasteiger charge is -2.06. The Morgan fingerprint density at radius 1 is 0.667 bits per heavy atom. The molecule has 0 aromatic rings. The molecule has 0 fully saturated rings. The van der Waals surface area contributed by atoms with Crippen LogP contribution in [0.2, 0.25) is 0 Å². The fourth-order valence-electron chi connectivity index (χ4n) is 0. The normalized spacial score (nSPS) is 11.9. The van der Waals surface area contributed by atoms with E-state index in [-0.39, 0.29) is 14.5 Å². The Kier molecular flexibility index (Phi) is 11.1. The summed E-state index contributed by atoms with van der Waals surface area (Å²) in [4.78, 5) is 0. The van der Waals surface area contributed by atoms with Crippen LogP contribution in [0.15, 0.2) is 0 Å². The van der Waals surface area contributed by atoms with Crippen molar-refractivity contribution < 1.29 is 17.5 Å². The van der Waals surface area contributed by atoms with Crippen LogP contribution in [0, 0.1) is 0 Å². The third-order valence-electron chi connectivity index (χ3n) is 0. The van der Waals surface area contributed by atoms with Crippen LogP contribution in [0.3, 0.4) is 0 Å². The highest BCUT2D eigenvalue weighted by atomic mass is 32.3. The minimum atomic E-state index is -5.17. The summed E-state index contributed by atoms with van der Waals surface area (Å²) in [6, 6.07) is 0. The molecule has 0 amide bonds. The van der Waals surface area contributed by atoms with Gasteiger partial charge in [0, 0.05) is 78.2 Å². The van der Waals surface area contributed by atoms with Crippen LogP contribution in [-0.2, 0) is 10.4 Å². The van der Waals surface area contributed by atoms with E-state index in [0.717, 1.165) is 0 Å². The van der Waals surface area contributed by atoms with Crippen molar-refractivity contribution in [3.8, 4) is 0 Å². The molecule has 0 bridgehead atoms. The van der Waals surface area contributed by atoms with E-state index in [9.17, 15) is 0 Å². The number of rotatable bonds is 0. The first-order chi connectivity index (χ1) is 6.00. The van der Waals surface area contributed by atoms with E-state index >= 15 is 0 Å². The van der Waals surface area contributed by atoms with Crippen molar-refractivity contribution in [2.75, 3.05) is 53.3 Å². The summed E-state index contributed by atoms with van der Waals surface area (Å²) in [7, 11) is -5.94. The lowest BCUT2D eigenvalue weighted by atomic mass is 11.8. The van der Waals surface area contributed by atoms with Crippen LogP contribution in [-0.4, -0.2) is 70.8 Å². The molecular formula is C8H24O4P2S. The van der Waals surface area contributed by atoms with Crippen LogP contribution >= 0.6 is 14.5 Å². The van der Waals surface area contributed by atoms with Gasteiger partial charge in [-0.3, -0.25) is 8.42 Å². The molecule has 0 aromatic heterocycles. The van der Waals surface area contributed by atoms with E-state index in [1.807, 2.05) is 0 Å². The predicted molar refractivity (Wildman–Crippen MR) is 71.7 cm³/mol. The molecule has 0 aromatic carbocycles. The molecule has 0 heterocycles. The predicted octanol–water partition coefficient (Wildman–Crippen LogP) is 1.71. The molecule has 7 heteroatoms. The molecule has 4 nitrogen and oxygen atoms in total. The average molecular weight is 278 g/mol. The van der Waals surface area contributed by atoms with Crippen molar-refractivity contribution in [1.82, 2.24) is 0 Å². The maximum Gasteiger partial charge on any atom is 0.0481 e. The van der Waals surface area contributed by atoms with Crippen molar-refractivity contribution in [2.24, 2.45) is 0 Å². The van der Waals surface area contributed by atoms with Gasteiger partial charge in [-0.2, -0.15) is 0 Å². The Labute approximate surface area is 96.1 Å². The Balaban J connectivity index is -0.000000144. The molecule has 0 saturated heterocycles. The van der Waals surface area contributed by atoms with Gasteiger partial charge >= 0.3 is 0 Å². The van der Waals surface area contributed by atoms with Gasteiger partial charge < -0.3 is 9.11 Å². The Bertz CT molecular complexity index is 204. The topological polar surface area (TPSA) is 80.3 Å². The Morgan fingerprint density at radius 3 is 0.667 bits per heavy atom. The number of hydrogen-bond donors (Lipinski definition) is 0. The fraction of sp³-hybridized carbons (Fsp3) is 1.00. The van der Waals surface area contributed by atoms with Gasteiger partial charge in [-0.05, 0) is 0 Å². The summed E-state index contributed by atoms with van der Waals surface area (Å²) in [5.74, 6) is 0. The maximum absolute atomic E-state index is 8.52. The lowest BCUT2D eigenvalue weighted by Crippen LogP contribution is -1.91. The molecule has 96 valence electrons. The van der Waals surface area contributed by atoms with E-state index in [2.05, 4.69) is 53.3 Å². The molecule has 0 radical (unpaired) electrons. The van der Waals surface area contributed by atoms with E-state index in [4.69, 9.17) is 17.5 Å². The van der Waals surface area contributed by atoms with Gasteiger partial charge in [-0.15, -0.1) is 0 Å². The second kappa shape index (κ2) is 7.92. The maximum atomic E-state index is 8.52. The van der Waals surface area contributed by atoms with Crippen molar-refractivity contribution in [1.29, 1.82) is 0 Å². The first kappa shape index (κ1) is 21.1. The summed E-state index contributed by atoms with van der Waals surface area (Å²) in [6.45, 7) is 18.4. The van der Waals surface area contributed by atoms with Gasteiger partial charge in [0.15, 0.2) is 0 Å². The van der Waals surface area contributed by atoms with Crippen molar-refractivity contribution in [2.45, 2.75) is 0 Å². The van der Waals surface area contributed by atoms with Gasteiger partial charge in [0.2, 0.25) is 0 Å². The van der Waals surface area contributed by atoms with E-state index in [0.29, 0.717) is 0 Å². The van der Waals surface area contributed by atoms with Crippen LogP contribution in [0.1, 0.15) is 0 Å². The molecule has 0 aliphatic rings. The summed E-state index contributed by atoms with van der Waals surface area (Å²) in [6.07, 6.45) is 0. The van der Waals surface area contributed by atoms with Gasteiger partial charge in [-0.25, -0.2) is 0 Å². The lowest BCUT2D eigenvalue weighted by molar-refractivity contribution is 0.352. The first-order valence-corrected chi connectivity index (χ1v) is 12.7. The molecule has 0 rings (SSSR count). The Morgan fingerprint density at radius 2 is 0.667 bits per heavy atom. The molecule has 0 unspecified atom stereocenters. The molecular weight excluding hydrogens is 254 g/mol. The monoisotopic (exact) mass is 278 g/mol. The summed E-state index contributed by atoms with van der Waals surface area (Å²) >= 11 is 0. The van der Waals surface area contributed by atoms with Gasteiger partial charge in [-0.1, -0.05) is 0 Å². The molecule has 0 saturated carbocycles. The van der Waals surface area contributed by atoms with Crippen LogP contribution in [0.4, 0.5) is 0 Å². The van der Waals surface area contributed by atoms with Crippen molar-refractivity contribution in [3.63, 3.8) is 0 Å². The fourth-order valence-corrected chi connectivity index (χ4v) is 0. The zero-order valence-corrected chi connectivity index (χ0v) is 13.5. The van der Waals surface area contributed by atoms with Crippen LogP contribution in [0.25, 0.3) is 0 Å². The summed E-state index contributed by atoms with van der Waals surface area (Å²) in [5, 5.41) is 0. The van der Waals surface area contributed by atoms with Crippen molar-refractivity contribution >= 4 is 24.9 Å². The average Bonchev–Trinajstić information content (AvgIpc) is 1.41. The largest absolute Gasteiger partial charge is 0.759 e. The SMILES string of the molecule is C[P+](C)(C)C.C[P+](C)(C)C.O=S(=O)([O-])[O-]. The highest BCUT2D eigenvalue weighted by Gasteiger charge is 2.03. The second-order valence-electron chi connectivity index (χ2n) is 5.77. The third kappa shape index (κ3) is 4480. The highest BCUT2D eigenvalue weighted by Crippen LogP contribution is 2.40. The highest BCUT2D eigenvalue weighted by molar-refractivity contribution is 7.79. The van der Waals surface area contributed by atoms with Gasteiger partial charge in [0.25, 0.3) is 0 Å². The number of hydrogen-bond acceptors (Lipinski definition) is 4. The standard InChI is InChI=1S/2C4H12P.H2O4S/c3*1-5(2,3)4/h2*1-4H3;(H2,1,2,3,4)/q2*+1;/p-2. The van der Waals surface area contributed by atoms with Crippen LogP contribution in [0.5, 0.6) is 0 Å². The van der Waals surface area contributed by atoms with Gasteiger partial charge in [0.1, 0.15) is 0 Å². The summed E-state index contributed by atoms with van der Waals surface area (Å²) in [5.41, 5.74) is 0. The third-order valence-corrected chi connectivity index (χ3v) is 0. The van der Waals surface area contributed by atoms with Crippen LogP contribution < -0.4 is 0 Å². The molecule has 0 spiro atoms. The molecule has 15 heavy (non-hydrogen) atoms. The zero-order chi connectivity index (χ0) is 13.5. The molecule has 0 N–H and O–H groups in total. The molecule has 0 aliphatic carbocycles. The van der Waals surface area contributed by atoms with E-state index in [1.165, 1.54) is 0 Å². The van der Waals surface area contributed by atoms with Crippen molar-refractivity contribution in [3.05, 3.63) is 0 Å². The quantitative estimate of drug-likeness (QED) is 0.384. The zero-order valence-electron chi connectivity index (χ0n) is 10.9. The Hall–Kier alpha value is 0.730. The molecule has 0 atom stereocenters. The van der Waals surface area contributed by atoms with E-state index < -0.39 is 10.4 Å². The first-order valence-electron chi connectivity index (χ1n) is 4.24. The molecule has 0 aliphatic heterocycles. The minimum Gasteiger partial charge on any atom is -0.759 e. The second-order valence-corrected chi connectivity index (χ2v) is 17.3. The van der Waals surface area contributed by atoms with E-state index in [1.54, 1.807) is 0 Å². The van der Waals surface area contributed by atoms with Gasteiger partial charge in [0.05, 0.1) is 0 Å². The smallest absolute Gasteiger partial charge is 0.0481 e.